The van der Waals surface area contributed by atoms with E-state index in [0.29, 0.717) is 5.02 Å². The topological polar surface area (TPSA) is 32.3 Å². The van der Waals surface area contributed by atoms with E-state index < -0.39 is 0 Å². The van der Waals surface area contributed by atoms with Crippen LogP contribution in [-0.2, 0) is 0 Å². The van der Waals surface area contributed by atoms with E-state index in [9.17, 15) is 5.11 Å². The molecular formula is C11H16ClNOS. The van der Waals surface area contributed by atoms with Gasteiger partial charge in [0, 0.05) is 12.2 Å². The first-order valence-electron chi connectivity index (χ1n) is 4.95. The van der Waals surface area contributed by atoms with Crippen LogP contribution in [0.1, 0.15) is 12.8 Å². The summed E-state index contributed by atoms with van der Waals surface area (Å²) in [6.45, 7) is 0.946. The zero-order chi connectivity index (χ0) is 11.1. The normalized spacial score (nSPS) is 10.3. The molecule has 0 atom stereocenters. The number of benzene rings is 1. The molecule has 0 aliphatic carbocycles. The molecule has 1 aromatic rings. The van der Waals surface area contributed by atoms with Crippen molar-refractivity contribution in [2.45, 2.75) is 12.8 Å². The van der Waals surface area contributed by atoms with Crippen LogP contribution < -0.4 is 5.32 Å². The molecule has 1 aromatic carbocycles. The highest BCUT2D eigenvalue weighted by Gasteiger charge is 1.98. The molecule has 15 heavy (non-hydrogen) atoms. The zero-order valence-electron chi connectivity index (χ0n) is 8.79. The summed E-state index contributed by atoms with van der Waals surface area (Å²) in [5.74, 6) is 1.34. The van der Waals surface area contributed by atoms with Gasteiger partial charge in [0.15, 0.2) is 0 Å². The number of phenolic OH excluding ortho intramolecular Hbond substituents is 1. The molecule has 1 rings (SSSR count). The number of nitrogens with one attached hydrogen (secondary N) is 1. The fraction of sp³-hybridized carbons (Fsp3) is 0.455. The molecular weight excluding hydrogens is 230 g/mol. The number of aromatic hydroxyl groups is 1. The lowest BCUT2D eigenvalue weighted by Crippen LogP contribution is -2.01. The van der Waals surface area contributed by atoms with Crippen molar-refractivity contribution in [3.63, 3.8) is 0 Å². The van der Waals surface area contributed by atoms with Gasteiger partial charge in [-0.1, -0.05) is 11.6 Å². The summed E-state index contributed by atoms with van der Waals surface area (Å²) in [6, 6.07) is 5.17. The molecule has 0 unspecified atom stereocenters. The molecule has 0 heterocycles. The second-order valence-corrected chi connectivity index (χ2v) is 4.69. The van der Waals surface area contributed by atoms with Crippen LogP contribution in [0.2, 0.25) is 5.02 Å². The van der Waals surface area contributed by atoms with Crippen LogP contribution in [0.4, 0.5) is 5.69 Å². The predicted octanol–water partition coefficient (Wildman–Crippen LogP) is 3.60. The van der Waals surface area contributed by atoms with Gasteiger partial charge in [-0.05, 0) is 43.0 Å². The smallest absolute Gasteiger partial charge is 0.134 e. The Bertz CT molecular complexity index is 307. The van der Waals surface area contributed by atoms with Gasteiger partial charge < -0.3 is 10.4 Å². The van der Waals surface area contributed by atoms with Crippen molar-refractivity contribution >= 4 is 29.1 Å². The van der Waals surface area contributed by atoms with Crippen LogP contribution in [-0.4, -0.2) is 23.7 Å². The third-order valence-electron chi connectivity index (χ3n) is 2.05. The maximum Gasteiger partial charge on any atom is 0.134 e. The lowest BCUT2D eigenvalue weighted by molar-refractivity contribution is 0.475. The average Bonchev–Trinajstić information content (AvgIpc) is 2.23. The fourth-order valence-electron chi connectivity index (χ4n) is 1.22. The summed E-state index contributed by atoms with van der Waals surface area (Å²) < 4.78 is 0. The number of hydrogen-bond donors (Lipinski definition) is 2. The number of rotatable bonds is 6. The first-order valence-corrected chi connectivity index (χ1v) is 6.72. The van der Waals surface area contributed by atoms with E-state index in [1.807, 2.05) is 17.8 Å². The SMILES string of the molecule is CSCCCCNc1ccc(O)c(Cl)c1. The molecule has 0 aromatic heterocycles. The summed E-state index contributed by atoms with van der Waals surface area (Å²) in [7, 11) is 0. The van der Waals surface area contributed by atoms with Crippen molar-refractivity contribution in [2.75, 3.05) is 23.9 Å². The van der Waals surface area contributed by atoms with E-state index in [-0.39, 0.29) is 5.75 Å². The lowest BCUT2D eigenvalue weighted by atomic mass is 10.3. The van der Waals surface area contributed by atoms with Gasteiger partial charge in [0.1, 0.15) is 5.75 Å². The van der Waals surface area contributed by atoms with Gasteiger partial charge in [-0.15, -0.1) is 0 Å². The fourth-order valence-corrected chi connectivity index (χ4v) is 1.89. The van der Waals surface area contributed by atoms with Crippen LogP contribution in [0.25, 0.3) is 0 Å². The van der Waals surface area contributed by atoms with E-state index in [0.717, 1.165) is 18.7 Å². The maximum atomic E-state index is 9.22. The zero-order valence-corrected chi connectivity index (χ0v) is 10.4. The van der Waals surface area contributed by atoms with Crippen molar-refractivity contribution in [2.24, 2.45) is 0 Å². The summed E-state index contributed by atoms with van der Waals surface area (Å²) in [6.07, 6.45) is 4.49. The van der Waals surface area contributed by atoms with Gasteiger partial charge >= 0.3 is 0 Å². The Labute approximate surface area is 100 Å². The second kappa shape index (κ2) is 6.85. The average molecular weight is 246 g/mol. The molecule has 2 nitrogen and oxygen atoms in total. The molecule has 0 saturated heterocycles. The van der Waals surface area contributed by atoms with Crippen LogP contribution >= 0.6 is 23.4 Å². The van der Waals surface area contributed by atoms with Crippen molar-refractivity contribution < 1.29 is 5.11 Å². The number of anilines is 1. The van der Waals surface area contributed by atoms with E-state index in [1.54, 1.807) is 12.1 Å². The Morgan fingerprint density at radius 3 is 2.87 bits per heavy atom. The Kier molecular flexibility index (Phi) is 5.73. The molecule has 0 aliphatic rings. The largest absolute Gasteiger partial charge is 0.506 e. The van der Waals surface area contributed by atoms with Gasteiger partial charge in [0.05, 0.1) is 5.02 Å². The molecule has 0 radical (unpaired) electrons. The molecule has 84 valence electrons. The predicted molar refractivity (Wildman–Crippen MR) is 69.2 cm³/mol. The third-order valence-corrected chi connectivity index (χ3v) is 3.05. The van der Waals surface area contributed by atoms with E-state index in [4.69, 9.17) is 11.6 Å². The number of halogens is 1. The standard InChI is InChI=1S/C11H16ClNOS/c1-15-7-3-2-6-13-9-4-5-11(14)10(12)8-9/h4-5,8,13-14H,2-3,6-7H2,1H3. The monoisotopic (exact) mass is 245 g/mol. The summed E-state index contributed by atoms with van der Waals surface area (Å²) in [5, 5.41) is 12.9. The van der Waals surface area contributed by atoms with E-state index in [2.05, 4.69) is 11.6 Å². The van der Waals surface area contributed by atoms with Gasteiger partial charge in [-0.2, -0.15) is 11.8 Å². The molecule has 0 spiro atoms. The Hall–Kier alpha value is -0.540. The highest BCUT2D eigenvalue weighted by Crippen LogP contribution is 2.25. The lowest BCUT2D eigenvalue weighted by Gasteiger charge is -2.06. The van der Waals surface area contributed by atoms with Crippen LogP contribution in [0.5, 0.6) is 5.75 Å². The number of phenols is 1. The quantitative estimate of drug-likeness (QED) is 0.593. The highest BCUT2D eigenvalue weighted by atomic mass is 35.5. The van der Waals surface area contributed by atoms with Crippen LogP contribution in [0, 0.1) is 0 Å². The van der Waals surface area contributed by atoms with Gasteiger partial charge in [-0.25, -0.2) is 0 Å². The summed E-state index contributed by atoms with van der Waals surface area (Å²) >= 11 is 7.65. The Morgan fingerprint density at radius 2 is 2.20 bits per heavy atom. The summed E-state index contributed by atoms with van der Waals surface area (Å²) in [4.78, 5) is 0. The molecule has 4 heteroatoms. The molecule has 2 N–H and O–H groups in total. The maximum absolute atomic E-state index is 9.22. The summed E-state index contributed by atoms with van der Waals surface area (Å²) in [5.41, 5.74) is 0.960. The molecule has 0 fully saturated rings. The van der Waals surface area contributed by atoms with Crippen LogP contribution in [0.15, 0.2) is 18.2 Å². The number of unbranched alkanes of at least 4 members (excludes halogenated alkanes) is 1. The van der Waals surface area contributed by atoms with Crippen molar-refractivity contribution in [3.05, 3.63) is 23.2 Å². The van der Waals surface area contributed by atoms with E-state index >= 15 is 0 Å². The van der Waals surface area contributed by atoms with Crippen molar-refractivity contribution in [3.8, 4) is 5.75 Å². The first kappa shape index (κ1) is 12.5. The van der Waals surface area contributed by atoms with Gasteiger partial charge in [0.25, 0.3) is 0 Å². The van der Waals surface area contributed by atoms with Crippen molar-refractivity contribution in [1.29, 1.82) is 0 Å². The minimum Gasteiger partial charge on any atom is -0.506 e. The Morgan fingerprint density at radius 1 is 1.40 bits per heavy atom. The number of hydrogen-bond acceptors (Lipinski definition) is 3. The first-order chi connectivity index (χ1) is 7.24. The Balaban J connectivity index is 2.28. The second-order valence-electron chi connectivity index (χ2n) is 3.29. The third kappa shape index (κ3) is 4.67. The molecule has 0 amide bonds. The molecule has 0 saturated carbocycles. The highest BCUT2D eigenvalue weighted by molar-refractivity contribution is 7.98. The van der Waals surface area contributed by atoms with E-state index in [1.165, 1.54) is 12.2 Å². The minimum absolute atomic E-state index is 0.129. The van der Waals surface area contributed by atoms with Crippen LogP contribution in [0.3, 0.4) is 0 Å². The van der Waals surface area contributed by atoms with Crippen molar-refractivity contribution in [1.82, 2.24) is 0 Å². The minimum atomic E-state index is 0.129. The van der Waals surface area contributed by atoms with Gasteiger partial charge in [-0.3, -0.25) is 0 Å². The number of thioether (sulfide) groups is 1. The molecule has 0 bridgehead atoms. The van der Waals surface area contributed by atoms with Gasteiger partial charge in [0.2, 0.25) is 0 Å². The molecule has 0 aliphatic heterocycles.